The van der Waals surface area contributed by atoms with E-state index in [0.29, 0.717) is 5.52 Å². The summed E-state index contributed by atoms with van der Waals surface area (Å²) >= 11 is 0. The molecule has 6 nitrogen and oxygen atoms in total. The number of nitrogens with zero attached hydrogens (tertiary/aromatic N) is 3. The van der Waals surface area contributed by atoms with Crippen LogP contribution in [0.1, 0.15) is 10.4 Å². The molecule has 2 N–H and O–H groups in total. The van der Waals surface area contributed by atoms with Crippen LogP contribution < -0.4 is 0 Å². The summed E-state index contributed by atoms with van der Waals surface area (Å²) in [5.74, 6) is -0.975. The van der Waals surface area contributed by atoms with Crippen LogP contribution in [0, 0.1) is 0 Å². The number of carbonyl (C=O) groups is 1. The Morgan fingerprint density at radius 3 is 2.90 bits per heavy atom. The number of nitrogens with one attached hydrogen (secondary N) is 1. The number of hydrogen-bond donors (Lipinski definition) is 2. The number of aromatic nitrogens is 4. The molecule has 0 bridgehead atoms. The molecule has 21 heavy (non-hydrogen) atoms. The first kappa shape index (κ1) is 11.7. The van der Waals surface area contributed by atoms with Gasteiger partial charge in [-0.05, 0) is 23.8 Å². The fourth-order valence-corrected chi connectivity index (χ4v) is 2.43. The molecule has 0 saturated heterocycles. The van der Waals surface area contributed by atoms with E-state index in [1.54, 1.807) is 16.9 Å². The topological polar surface area (TPSA) is 83.3 Å². The zero-order chi connectivity index (χ0) is 14.4. The summed E-state index contributed by atoms with van der Waals surface area (Å²) in [7, 11) is 0. The maximum Gasteiger partial charge on any atom is 0.339 e. The lowest BCUT2D eigenvalue weighted by molar-refractivity contribution is 0.0699. The van der Waals surface area contributed by atoms with E-state index in [0.717, 1.165) is 22.2 Å². The monoisotopic (exact) mass is 278 g/mol. The molecule has 3 heterocycles. The lowest BCUT2D eigenvalue weighted by atomic mass is 10.1. The first-order chi connectivity index (χ1) is 10.2. The van der Waals surface area contributed by atoms with Gasteiger partial charge in [-0.25, -0.2) is 14.3 Å². The smallest absolute Gasteiger partial charge is 0.339 e. The van der Waals surface area contributed by atoms with Crippen molar-refractivity contribution >= 4 is 22.5 Å². The van der Waals surface area contributed by atoms with Gasteiger partial charge in [-0.15, -0.1) is 0 Å². The first-order valence-electron chi connectivity index (χ1n) is 6.36. The van der Waals surface area contributed by atoms with Crippen LogP contribution in [0.25, 0.3) is 27.7 Å². The Morgan fingerprint density at radius 2 is 2.05 bits per heavy atom. The standard InChI is InChI=1S/C15H10N4O2/c20-15(21)11-6-18-19-7-10(2-4-14(11)19)9-1-3-12-13(5-9)17-8-16-12/h1-8H,(H,16,17)(H,20,21). The molecule has 0 saturated carbocycles. The SMILES string of the molecule is O=C(O)c1cnn2cc(-c3ccc4nc[nH]c4c3)ccc12. The summed E-state index contributed by atoms with van der Waals surface area (Å²) < 4.78 is 1.58. The van der Waals surface area contributed by atoms with Gasteiger partial charge in [-0.3, -0.25) is 0 Å². The molecule has 0 aliphatic heterocycles. The van der Waals surface area contributed by atoms with Gasteiger partial charge < -0.3 is 10.1 Å². The molecule has 0 radical (unpaired) electrons. The van der Waals surface area contributed by atoms with Crippen LogP contribution in [0.4, 0.5) is 0 Å². The highest BCUT2D eigenvalue weighted by Gasteiger charge is 2.11. The maximum atomic E-state index is 11.1. The van der Waals surface area contributed by atoms with Crippen LogP contribution >= 0.6 is 0 Å². The van der Waals surface area contributed by atoms with Gasteiger partial charge in [0.1, 0.15) is 5.56 Å². The molecular weight excluding hydrogens is 268 g/mol. The van der Waals surface area contributed by atoms with Crippen LogP contribution in [0.3, 0.4) is 0 Å². The Kier molecular flexibility index (Phi) is 2.32. The van der Waals surface area contributed by atoms with Gasteiger partial charge in [0.2, 0.25) is 0 Å². The summed E-state index contributed by atoms with van der Waals surface area (Å²) in [6.45, 7) is 0. The number of pyridine rings is 1. The number of aromatic amines is 1. The number of benzene rings is 1. The molecule has 4 aromatic rings. The van der Waals surface area contributed by atoms with Crippen molar-refractivity contribution in [3.05, 3.63) is 54.6 Å². The first-order valence-corrected chi connectivity index (χ1v) is 6.36. The second-order valence-corrected chi connectivity index (χ2v) is 4.75. The minimum Gasteiger partial charge on any atom is -0.478 e. The molecule has 6 heteroatoms. The molecule has 0 aliphatic rings. The van der Waals surface area contributed by atoms with Crippen LogP contribution in [0.15, 0.2) is 49.1 Å². The summed E-state index contributed by atoms with van der Waals surface area (Å²) in [6.07, 6.45) is 4.84. The number of H-pyrrole nitrogens is 1. The molecular formula is C15H10N4O2. The van der Waals surface area contributed by atoms with E-state index in [4.69, 9.17) is 5.11 Å². The van der Waals surface area contributed by atoms with Crippen LogP contribution in [0.5, 0.6) is 0 Å². The van der Waals surface area contributed by atoms with Crippen LogP contribution in [0.2, 0.25) is 0 Å². The fourth-order valence-electron chi connectivity index (χ4n) is 2.43. The van der Waals surface area contributed by atoms with Gasteiger partial charge in [-0.1, -0.05) is 12.1 Å². The molecule has 0 atom stereocenters. The number of fused-ring (bicyclic) bond motifs is 2. The highest BCUT2D eigenvalue weighted by atomic mass is 16.4. The minimum atomic E-state index is -0.975. The minimum absolute atomic E-state index is 0.200. The second-order valence-electron chi connectivity index (χ2n) is 4.75. The Hall–Kier alpha value is -3.15. The number of imidazole rings is 1. The third-order valence-electron chi connectivity index (χ3n) is 3.50. The van der Waals surface area contributed by atoms with E-state index < -0.39 is 5.97 Å². The second kappa shape index (κ2) is 4.17. The van der Waals surface area contributed by atoms with Crippen molar-refractivity contribution in [2.75, 3.05) is 0 Å². The van der Waals surface area contributed by atoms with E-state index in [1.807, 2.05) is 30.5 Å². The Bertz CT molecular complexity index is 984. The lowest BCUT2D eigenvalue weighted by Crippen LogP contribution is -1.95. The number of carboxylic acids is 1. The van der Waals surface area contributed by atoms with Crippen LogP contribution in [-0.4, -0.2) is 30.7 Å². The molecule has 1 aromatic carbocycles. The highest BCUT2D eigenvalue weighted by Crippen LogP contribution is 2.24. The van der Waals surface area contributed by atoms with Crippen molar-refractivity contribution in [2.45, 2.75) is 0 Å². The zero-order valence-corrected chi connectivity index (χ0v) is 10.8. The molecule has 0 amide bonds. The summed E-state index contributed by atoms with van der Waals surface area (Å²) in [6, 6.07) is 9.58. The lowest BCUT2D eigenvalue weighted by Gasteiger charge is -2.03. The van der Waals surface area contributed by atoms with Gasteiger partial charge in [0, 0.05) is 11.8 Å². The Labute approximate surface area is 118 Å². The largest absolute Gasteiger partial charge is 0.478 e. The van der Waals surface area contributed by atoms with Gasteiger partial charge in [0.25, 0.3) is 0 Å². The molecule has 4 rings (SSSR count). The number of hydrogen-bond acceptors (Lipinski definition) is 3. The number of aromatic carboxylic acids is 1. The van der Waals surface area contributed by atoms with Crippen molar-refractivity contribution in [3.63, 3.8) is 0 Å². The predicted molar refractivity (Wildman–Crippen MR) is 77.2 cm³/mol. The van der Waals surface area contributed by atoms with Crippen molar-refractivity contribution in [2.24, 2.45) is 0 Å². The van der Waals surface area contributed by atoms with Crippen molar-refractivity contribution in [1.82, 2.24) is 19.6 Å². The van der Waals surface area contributed by atoms with E-state index in [9.17, 15) is 4.79 Å². The van der Waals surface area contributed by atoms with Crippen LogP contribution in [-0.2, 0) is 0 Å². The molecule has 0 spiro atoms. The Balaban J connectivity index is 1.88. The predicted octanol–water partition coefficient (Wildman–Crippen LogP) is 2.58. The molecule has 3 aromatic heterocycles. The van der Waals surface area contributed by atoms with Gasteiger partial charge >= 0.3 is 5.97 Å². The summed E-state index contributed by atoms with van der Waals surface area (Å²) in [4.78, 5) is 18.3. The zero-order valence-electron chi connectivity index (χ0n) is 10.8. The third kappa shape index (κ3) is 1.77. The maximum absolute atomic E-state index is 11.1. The van der Waals surface area contributed by atoms with Gasteiger partial charge in [0.15, 0.2) is 0 Å². The highest BCUT2D eigenvalue weighted by molar-refractivity contribution is 5.95. The van der Waals surface area contributed by atoms with E-state index >= 15 is 0 Å². The van der Waals surface area contributed by atoms with E-state index in [-0.39, 0.29) is 5.56 Å². The van der Waals surface area contributed by atoms with Crippen molar-refractivity contribution in [3.8, 4) is 11.1 Å². The van der Waals surface area contributed by atoms with E-state index in [1.165, 1.54) is 6.20 Å². The normalized spacial score (nSPS) is 11.2. The Morgan fingerprint density at radius 1 is 1.19 bits per heavy atom. The van der Waals surface area contributed by atoms with Gasteiger partial charge in [-0.2, -0.15) is 5.10 Å². The fraction of sp³-hybridized carbons (Fsp3) is 0. The number of rotatable bonds is 2. The van der Waals surface area contributed by atoms with Crippen molar-refractivity contribution in [1.29, 1.82) is 0 Å². The summed E-state index contributed by atoms with van der Waals surface area (Å²) in [5, 5.41) is 13.2. The number of carboxylic acid groups (broad SMARTS) is 1. The summed E-state index contributed by atoms with van der Waals surface area (Å²) in [5.41, 5.74) is 4.62. The average Bonchev–Trinajstić information content (AvgIpc) is 3.12. The molecule has 102 valence electrons. The average molecular weight is 278 g/mol. The molecule has 0 fully saturated rings. The van der Waals surface area contributed by atoms with E-state index in [2.05, 4.69) is 15.1 Å². The van der Waals surface area contributed by atoms with Gasteiger partial charge in [0.05, 0.1) is 29.1 Å². The van der Waals surface area contributed by atoms with Crippen molar-refractivity contribution < 1.29 is 9.90 Å². The third-order valence-corrected chi connectivity index (χ3v) is 3.50. The quantitative estimate of drug-likeness (QED) is 0.590. The molecule has 0 aliphatic carbocycles. The molecule has 0 unspecified atom stereocenters.